The number of para-hydroxylation sites is 1. The average Bonchev–Trinajstić information content (AvgIpc) is 3.49. The van der Waals surface area contributed by atoms with E-state index in [1.807, 2.05) is 30.3 Å². The van der Waals surface area contributed by atoms with Crippen LogP contribution in [0, 0.1) is 0 Å². The third-order valence-corrected chi connectivity index (χ3v) is 5.53. The zero-order valence-corrected chi connectivity index (χ0v) is 18.3. The molecule has 0 amide bonds. The summed E-state index contributed by atoms with van der Waals surface area (Å²) in [4.78, 5) is 18.4. The summed E-state index contributed by atoms with van der Waals surface area (Å²) in [6.07, 6.45) is 9.05. The van der Waals surface area contributed by atoms with Gasteiger partial charge in [0, 0.05) is 25.8 Å². The van der Waals surface area contributed by atoms with Gasteiger partial charge in [0.15, 0.2) is 11.5 Å². The first-order valence-corrected chi connectivity index (χ1v) is 11.0. The SMILES string of the molecule is COCCCNC(O)/C=C/c1ccccc1OC[C@H]1CCCN1c1ncnc2[nH]cnc12. The van der Waals surface area contributed by atoms with E-state index in [9.17, 15) is 5.11 Å². The van der Waals surface area contributed by atoms with Gasteiger partial charge < -0.3 is 24.5 Å². The van der Waals surface area contributed by atoms with Gasteiger partial charge in [-0.1, -0.05) is 24.3 Å². The molecule has 32 heavy (non-hydrogen) atoms. The van der Waals surface area contributed by atoms with E-state index in [2.05, 4.69) is 30.2 Å². The number of methoxy groups -OCH3 is 1. The van der Waals surface area contributed by atoms with Gasteiger partial charge in [0.25, 0.3) is 0 Å². The molecule has 0 aliphatic carbocycles. The number of ether oxygens (including phenoxy) is 2. The van der Waals surface area contributed by atoms with Crippen LogP contribution in [0.5, 0.6) is 5.75 Å². The maximum absolute atomic E-state index is 10.1. The van der Waals surface area contributed by atoms with Gasteiger partial charge in [-0.15, -0.1) is 0 Å². The molecule has 1 saturated heterocycles. The molecule has 1 unspecified atom stereocenters. The fraction of sp³-hybridized carbons (Fsp3) is 0.435. The van der Waals surface area contributed by atoms with Gasteiger partial charge in [0.2, 0.25) is 0 Å². The van der Waals surface area contributed by atoms with E-state index in [4.69, 9.17) is 9.47 Å². The third-order valence-electron chi connectivity index (χ3n) is 5.53. The molecule has 1 fully saturated rings. The normalized spacial score (nSPS) is 17.4. The van der Waals surface area contributed by atoms with Gasteiger partial charge in [0.1, 0.15) is 30.4 Å². The molecule has 3 N–H and O–H groups in total. The van der Waals surface area contributed by atoms with Crippen LogP contribution in [0.25, 0.3) is 17.2 Å². The lowest BCUT2D eigenvalue weighted by Crippen LogP contribution is -2.35. The molecular weight excluding hydrogens is 408 g/mol. The third kappa shape index (κ3) is 5.42. The molecule has 0 radical (unpaired) electrons. The molecule has 1 aromatic carbocycles. The Kier molecular flexibility index (Phi) is 7.65. The number of aliphatic hydroxyl groups excluding tert-OH is 1. The van der Waals surface area contributed by atoms with Crippen molar-refractivity contribution >= 4 is 23.1 Å². The minimum Gasteiger partial charge on any atom is -0.491 e. The Labute approximate surface area is 187 Å². The van der Waals surface area contributed by atoms with Crippen LogP contribution >= 0.6 is 0 Å². The standard InChI is InChI=1S/C23H30N6O3/c1-31-13-5-11-24-20(30)10-9-17-6-2-3-8-19(17)32-14-18-7-4-12-29(18)23-21-22(26-15-25-21)27-16-28-23/h2-3,6,8-10,15-16,18,20,24,30H,4-5,7,11-14H2,1H3,(H,25,26,27,28)/b10-9+/t18-,20?/m1/s1. The second-order valence-corrected chi connectivity index (χ2v) is 7.74. The summed E-state index contributed by atoms with van der Waals surface area (Å²) >= 11 is 0. The number of aliphatic hydroxyl groups is 1. The molecule has 2 atom stereocenters. The molecule has 3 aromatic rings. The first kappa shape index (κ1) is 22.2. The summed E-state index contributed by atoms with van der Waals surface area (Å²) in [6.45, 7) is 2.80. The fourth-order valence-corrected chi connectivity index (χ4v) is 3.91. The molecule has 0 saturated carbocycles. The first-order valence-electron chi connectivity index (χ1n) is 11.0. The van der Waals surface area contributed by atoms with E-state index in [0.717, 1.165) is 54.1 Å². The Bertz CT molecular complexity index is 1020. The maximum atomic E-state index is 10.1. The predicted octanol–water partition coefficient (Wildman–Crippen LogP) is 2.36. The largest absolute Gasteiger partial charge is 0.491 e. The van der Waals surface area contributed by atoms with Crippen molar-refractivity contribution in [2.75, 3.05) is 38.3 Å². The second-order valence-electron chi connectivity index (χ2n) is 7.74. The van der Waals surface area contributed by atoms with E-state index in [-0.39, 0.29) is 6.04 Å². The number of H-pyrrole nitrogens is 1. The maximum Gasteiger partial charge on any atom is 0.162 e. The zero-order valence-electron chi connectivity index (χ0n) is 18.3. The topological polar surface area (TPSA) is 108 Å². The van der Waals surface area contributed by atoms with Crippen LogP contribution in [0.3, 0.4) is 0 Å². The fourth-order valence-electron chi connectivity index (χ4n) is 3.91. The molecule has 4 rings (SSSR count). The highest BCUT2D eigenvalue weighted by Gasteiger charge is 2.28. The highest BCUT2D eigenvalue weighted by Crippen LogP contribution is 2.29. The Balaban J connectivity index is 1.38. The molecule has 9 nitrogen and oxygen atoms in total. The Morgan fingerprint density at radius 3 is 3.12 bits per heavy atom. The molecule has 1 aliphatic rings. The number of hydrogen-bond donors (Lipinski definition) is 3. The van der Waals surface area contributed by atoms with E-state index in [1.165, 1.54) is 0 Å². The molecular formula is C23H30N6O3. The summed E-state index contributed by atoms with van der Waals surface area (Å²) in [7, 11) is 1.67. The van der Waals surface area contributed by atoms with Crippen LogP contribution in [-0.2, 0) is 4.74 Å². The zero-order chi connectivity index (χ0) is 22.2. The number of aromatic nitrogens is 4. The summed E-state index contributed by atoms with van der Waals surface area (Å²) < 4.78 is 11.2. The van der Waals surface area contributed by atoms with Crippen molar-refractivity contribution in [2.45, 2.75) is 31.5 Å². The summed E-state index contributed by atoms with van der Waals surface area (Å²) in [5, 5.41) is 13.2. The van der Waals surface area contributed by atoms with Gasteiger partial charge in [-0.2, -0.15) is 0 Å². The van der Waals surface area contributed by atoms with Crippen molar-refractivity contribution in [3.63, 3.8) is 0 Å². The number of aromatic amines is 1. The Hall–Kier alpha value is -3.01. The highest BCUT2D eigenvalue weighted by molar-refractivity contribution is 5.83. The van der Waals surface area contributed by atoms with E-state index in [1.54, 1.807) is 25.8 Å². The van der Waals surface area contributed by atoms with Crippen LogP contribution in [0.1, 0.15) is 24.8 Å². The molecule has 3 heterocycles. The minimum absolute atomic E-state index is 0.204. The molecule has 0 spiro atoms. The van der Waals surface area contributed by atoms with Gasteiger partial charge >= 0.3 is 0 Å². The van der Waals surface area contributed by atoms with Crippen molar-refractivity contribution in [3.05, 3.63) is 48.6 Å². The number of benzene rings is 1. The summed E-state index contributed by atoms with van der Waals surface area (Å²) in [5.74, 6) is 1.63. The number of hydrogen-bond acceptors (Lipinski definition) is 8. The number of nitrogens with one attached hydrogen (secondary N) is 2. The lowest BCUT2D eigenvalue weighted by atomic mass is 10.1. The molecule has 1 aliphatic heterocycles. The van der Waals surface area contributed by atoms with Gasteiger partial charge in [-0.3, -0.25) is 5.32 Å². The second kappa shape index (κ2) is 11.0. The smallest absolute Gasteiger partial charge is 0.162 e. The summed E-state index contributed by atoms with van der Waals surface area (Å²) in [5.41, 5.74) is 2.45. The van der Waals surface area contributed by atoms with E-state index < -0.39 is 6.23 Å². The monoisotopic (exact) mass is 438 g/mol. The van der Waals surface area contributed by atoms with Crippen LogP contribution in [0.15, 0.2) is 43.0 Å². The molecule has 0 bridgehead atoms. The lowest BCUT2D eigenvalue weighted by molar-refractivity contribution is 0.165. The summed E-state index contributed by atoms with van der Waals surface area (Å²) in [6, 6.07) is 8.05. The average molecular weight is 439 g/mol. The van der Waals surface area contributed by atoms with Crippen LogP contribution in [-0.4, -0.2) is 70.7 Å². The van der Waals surface area contributed by atoms with Crippen molar-refractivity contribution in [3.8, 4) is 5.75 Å². The number of anilines is 1. The highest BCUT2D eigenvalue weighted by atomic mass is 16.5. The van der Waals surface area contributed by atoms with E-state index >= 15 is 0 Å². The minimum atomic E-state index is -0.723. The molecule has 9 heteroatoms. The number of rotatable bonds is 11. The number of imidazole rings is 1. The van der Waals surface area contributed by atoms with Crippen molar-refractivity contribution < 1.29 is 14.6 Å². The first-order chi connectivity index (χ1) is 15.8. The van der Waals surface area contributed by atoms with Gasteiger partial charge in [-0.25, -0.2) is 15.0 Å². The molecule has 170 valence electrons. The number of fused-ring (bicyclic) bond motifs is 1. The van der Waals surface area contributed by atoms with E-state index in [0.29, 0.717) is 19.8 Å². The van der Waals surface area contributed by atoms with Crippen molar-refractivity contribution in [2.24, 2.45) is 0 Å². The quantitative estimate of drug-likeness (QED) is 0.309. The van der Waals surface area contributed by atoms with Gasteiger partial charge in [-0.05, 0) is 37.9 Å². The molecule has 2 aromatic heterocycles. The van der Waals surface area contributed by atoms with Gasteiger partial charge in [0.05, 0.1) is 12.4 Å². The van der Waals surface area contributed by atoms with Crippen molar-refractivity contribution in [1.82, 2.24) is 25.3 Å². The predicted molar refractivity (Wildman–Crippen MR) is 124 cm³/mol. The van der Waals surface area contributed by atoms with Crippen LogP contribution in [0.2, 0.25) is 0 Å². The Morgan fingerprint density at radius 2 is 2.22 bits per heavy atom. The Morgan fingerprint density at radius 1 is 1.31 bits per heavy atom. The number of nitrogens with zero attached hydrogens (tertiary/aromatic N) is 4. The lowest BCUT2D eigenvalue weighted by Gasteiger charge is -2.26. The van der Waals surface area contributed by atoms with Crippen LogP contribution in [0.4, 0.5) is 5.82 Å². The van der Waals surface area contributed by atoms with Crippen LogP contribution < -0.4 is 15.0 Å². The van der Waals surface area contributed by atoms with Crippen molar-refractivity contribution in [1.29, 1.82) is 0 Å².